The summed E-state index contributed by atoms with van der Waals surface area (Å²) in [7, 11) is 0. The highest BCUT2D eigenvalue weighted by molar-refractivity contribution is 7.96. The number of nitrogen functional groups attached to an aromatic ring is 1. The molecule has 5 rings (SSSR count). The Balaban J connectivity index is 1.30. The summed E-state index contributed by atoms with van der Waals surface area (Å²) in [5.74, 6) is 1.36. The van der Waals surface area contributed by atoms with E-state index < -0.39 is 0 Å². The molecule has 8 heteroatoms. The zero-order valence-corrected chi connectivity index (χ0v) is 21.0. The van der Waals surface area contributed by atoms with E-state index >= 15 is 0 Å². The van der Waals surface area contributed by atoms with Gasteiger partial charge in [0.1, 0.15) is 5.69 Å². The van der Waals surface area contributed by atoms with Gasteiger partial charge in [-0.1, -0.05) is 42.3 Å². The van der Waals surface area contributed by atoms with Crippen molar-refractivity contribution >= 4 is 23.3 Å². The van der Waals surface area contributed by atoms with E-state index in [2.05, 4.69) is 26.4 Å². The van der Waals surface area contributed by atoms with Crippen LogP contribution in [0.1, 0.15) is 36.8 Å². The maximum Gasteiger partial charge on any atom is 0.316 e. The molecule has 0 unspecified atom stereocenters. The summed E-state index contributed by atoms with van der Waals surface area (Å²) in [4.78, 5) is 15.8. The van der Waals surface area contributed by atoms with Crippen molar-refractivity contribution in [2.45, 2.75) is 44.5 Å². The smallest absolute Gasteiger partial charge is 0.316 e. The molecule has 1 aliphatic carbocycles. The molecule has 35 heavy (non-hydrogen) atoms. The molecule has 3 aromatic rings. The zero-order chi connectivity index (χ0) is 24.2. The average molecular weight is 492 g/mol. The van der Waals surface area contributed by atoms with Gasteiger partial charge in [0.2, 0.25) is 5.75 Å². The number of aryl methyl sites for hydroxylation is 1. The number of nitrogens with zero attached hydrogens (tertiary/aromatic N) is 4. The minimum Gasteiger partial charge on any atom is -0.483 e. The molecule has 1 saturated heterocycles. The van der Waals surface area contributed by atoms with Crippen molar-refractivity contribution in [2.24, 2.45) is 0 Å². The maximum absolute atomic E-state index is 13.5. The van der Waals surface area contributed by atoms with Gasteiger partial charge in [-0.25, -0.2) is 4.31 Å². The highest BCUT2D eigenvalue weighted by atomic mass is 32.2. The summed E-state index contributed by atoms with van der Waals surface area (Å²) in [5, 5.41) is 4.52. The van der Waals surface area contributed by atoms with Gasteiger partial charge in [0, 0.05) is 37.6 Å². The van der Waals surface area contributed by atoms with Crippen LogP contribution in [0.5, 0.6) is 5.75 Å². The molecule has 0 bridgehead atoms. The molecule has 1 aromatic heterocycles. The predicted octanol–water partition coefficient (Wildman–Crippen LogP) is 4.41. The first-order valence-electron chi connectivity index (χ1n) is 12.4. The molecule has 1 aliphatic heterocycles. The van der Waals surface area contributed by atoms with Crippen LogP contribution in [-0.4, -0.2) is 46.4 Å². The average Bonchev–Trinajstić information content (AvgIpc) is 3.40. The van der Waals surface area contributed by atoms with E-state index in [0.29, 0.717) is 5.75 Å². The number of aromatic nitrogens is 2. The van der Waals surface area contributed by atoms with E-state index in [4.69, 9.17) is 10.5 Å². The number of nitrogens with two attached hydrogens (primary N) is 1. The van der Waals surface area contributed by atoms with E-state index in [1.165, 1.54) is 10.2 Å². The number of ether oxygens (including phenoxy) is 1. The monoisotopic (exact) mass is 491 g/mol. The highest BCUT2D eigenvalue weighted by Gasteiger charge is 2.26. The van der Waals surface area contributed by atoms with Crippen LogP contribution in [-0.2, 0) is 5.75 Å². The molecule has 2 N–H and O–H groups in total. The first kappa shape index (κ1) is 23.8. The molecule has 184 valence electrons. The van der Waals surface area contributed by atoms with Gasteiger partial charge in [0.15, 0.2) is 0 Å². The summed E-state index contributed by atoms with van der Waals surface area (Å²) in [5.41, 5.74) is 10.6. The number of rotatable bonds is 7. The largest absolute Gasteiger partial charge is 0.483 e. The fourth-order valence-corrected chi connectivity index (χ4v) is 5.68. The lowest BCUT2D eigenvalue weighted by atomic mass is 10.1. The van der Waals surface area contributed by atoms with Crippen LogP contribution in [0.3, 0.4) is 0 Å². The number of hydrogen-bond donors (Lipinski definition) is 1. The minimum atomic E-state index is -0.184. The Kier molecular flexibility index (Phi) is 7.29. The predicted molar refractivity (Wildman–Crippen MR) is 143 cm³/mol. The second-order valence-corrected chi connectivity index (χ2v) is 10.4. The van der Waals surface area contributed by atoms with Gasteiger partial charge in [-0.2, -0.15) is 9.78 Å². The molecule has 2 aromatic carbocycles. The van der Waals surface area contributed by atoms with Gasteiger partial charge in [-0.3, -0.25) is 4.79 Å². The third-order valence-corrected chi connectivity index (χ3v) is 8.02. The Morgan fingerprint density at radius 1 is 1.06 bits per heavy atom. The van der Waals surface area contributed by atoms with Crippen LogP contribution in [0.4, 0.5) is 11.4 Å². The minimum absolute atomic E-state index is 0.105. The van der Waals surface area contributed by atoms with Crippen molar-refractivity contribution in [3.63, 3.8) is 0 Å². The Morgan fingerprint density at radius 2 is 1.80 bits per heavy atom. The van der Waals surface area contributed by atoms with Crippen molar-refractivity contribution in [3.05, 3.63) is 76.2 Å². The molecule has 2 fully saturated rings. The summed E-state index contributed by atoms with van der Waals surface area (Å²) in [6.45, 7) is 5.51. The molecule has 0 amide bonds. The third-order valence-electron chi connectivity index (χ3n) is 6.83. The van der Waals surface area contributed by atoms with E-state index in [1.54, 1.807) is 6.20 Å². The molecule has 7 nitrogen and oxygen atoms in total. The molecule has 0 spiro atoms. The van der Waals surface area contributed by atoms with E-state index in [9.17, 15) is 4.79 Å². The number of piperazine rings is 1. The van der Waals surface area contributed by atoms with Crippen LogP contribution in [0.15, 0.2) is 59.5 Å². The summed E-state index contributed by atoms with van der Waals surface area (Å²) >= 11 is 1.85. The number of para-hydroxylation sites is 1. The lowest BCUT2D eigenvalue weighted by Crippen LogP contribution is -2.44. The van der Waals surface area contributed by atoms with Crippen molar-refractivity contribution < 1.29 is 4.74 Å². The molecule has 1 saturated carbocycles. The quantitative estimate of drug-likeness (QED) is 0.387. The first-order valence-corrected chi connectivity index (χ1v) is 13.3. The number of benzene rings is 2. The Morgan fingerprint density at radius 3 is 2.51 bits per heavy atom. The van der Waals surface area contributed by atoms with E-state index in [1.807, 2.05) is 55.3 Å². The Bertz CT molecular complexity index is 1200. The van der Waals surface area contributed by atoms with Gasteiger partial charge < -0.3 is 15.4 Å². The second-order valence-electron chi connectivity index (χ2n) is 9.32. The molecule has 0 atom stereocenters. The SMILES string of the molecule is Cc1cc(CSN2CCN(c3cnn(-c4ccccc4)c(=O)c3OC3CCCC3)CC2)ccc1N. The number of hydrogen-bond acceptors (Lipinski definition) is 7. The second kappa shape index (κ2) is 10.7. The van der Waals surface area contributed by atoms with Crippen molar-refractivity contribution in [1.29, 1.82) is 0 Å². The topological polar surface area (TPSA) is 76.6 Å². The van der Waals surface area contributed by atoms with Crippen molar-refractivity contribution in [1.82, 2.24) is 14.1 Å². The van der Waals surface area contributed by atoms with Crippen molar-refractivity contribution in [3.8, 4) is 11.4 Å². The first-order chi connectivity index (χ1) is 17.1. The number of anilines is 2. The van der Waals surface area contributed by atoms with Crippen LogP contribution < -0.4 is 20.9 Å². The van der Waals surface area contributed by atoms with E-state index in [0.717, 1.165) is 80.2 Å². The lowest BCUT2D eigenvalue weighted by Gasteiger charge is -2.36. The van der Waals surface area contributed by atoms with Crippen LogP contribution >= 0.6 is 11.9 Å². The highest BCUT2D eigenvalue weighted by Crippen LogP contribution is 2.31. The molecule has 0 radical (unpaired) electrons. The third kappa shape index (κ3) is 5.49. The Hall–Kier alpha value is -2.97. The van der Waals surface area contributed by atoms with Gasteiger partial charge in [0.25, 0.3) is 0 Å². The maximum atomic E-state index is 13.5. The summed E-state index contributed by atoms with van der Waals surface area (Å²) < 4.78 is 10.2. The molecular formula is C27H33N5O2S. The fraction of sp³-hybridized carbons (Fsp3) is 0.407. The summed E-state index contributed by atoms with van der Waals surface area (Å²) in [6.07, 6.45) is 6.22. The molecule has 2 aliphatic rings. The van der Waals surface area contributed by atoms with Gasteiger partial charge >= 0.3 is 5.56 Å². The van der Waals surface area contributed by atoms with Gasteiger partial charge in [0.05, 0.1) is 18.0 Å². The van der Waals surface area contributed by atoms with Gasteiger partial charge in [-0.05, 0) is 61.9 Å². The normalized spacial score (nSPS) is 17.1. The van der Waals surface area contributed by atoms with E-state index in [-0.39, 0.29) is 11.7 Å². The van der Waals surface area contributed by atoms with Crippen LogP contribution in [0, 0.1) is 6.92 Å². The van der Waals surface area contributed by atoms with Crippen LogP contribution in [0.25, 0.3) is 5.69 Å². The molecular weight excluding hydrogens is 458 g/mol. The molecule has 2 heterocycles. The zero-order valence-electron chi connectivity index (χ0n) is 20.2. The van der Waals surface area contributed by atoms with Gasteiger partial charge in [-0.15, -0.1) is 0 Å². The van der Waals surface area contributed by atoms with Crippen molar-refractivity contribution in [2.75, 3.05) is 36.8 Å². The van der Waals surface area contributed by atoms with Crippen LogP contribution in [0.2, 0.25) is 0 Å². The Labute approximate surface area is 211 Å². The summed E-state index contributed by atoms with van der Waals surface area (Å²) in [6, 6.07) is 15.8. The fourth-order valence-electron chi connectivity index (χ4n) is 4.74. The lowest BCUT2D eigenvalue weighted by molar-refractivity contribution is 0.205. The standard InChI is InChI=1S/C27H33N5O2S/c1-20-17-21(11-12-24(20)28)19-35-31-15-13-30(14-16-31)25-18-29-32(22-7-3-2-4-8-22)27(33)26(25)34-23-9-5-6-10-23/h2-4,7-8,11-12,17-18,23H,5-6,9-10,13-16,19,28H2,1H3.